The lowest BCUT2D eigenvalue weighted by Gasteiger charge is -2.16. The summed E-state index contributed by atoms with van der Waals surface area (Å²) in [7, 11) is 1.60. The molecule has 1 N–H and O–H groups in total. The van der Waals surface area contributed by atoms with Crippen molar-refractivity contribution in [2.75, 3.05) is 13.7 Å². The van der Waals surface area contributed by atoms with E-state index < -0.39 is 17.5 Å². The molecule has 0 spiro atoms. The van der Waals surface area contributed by atoms with Gasteiger partial charge in [-0.05, 0) is 18.1 Å². The van der Waals surface area contributed by atoms with Gasteiger partial charge in [0.25, 0.3) is 0 Å². The van der Waals surface area contributed by atoms with Crippen LogP contribution in [0.2, 0.25) is 0 Å². The number of ether oxygens (including phenoxy) is 1. The molecule has 1 atom stereocenters. The summed E-state index contributed by atoms with van der Waals surface area (Å²) in [5, 5.41) is 3.01. The van der Waals surface area contributed by atoms with Gasteiger partial charge >= 0.3 is 0 Å². The van der Waals surface area contributed by atoms with Gasteiger partial charge in [-0.1, -0.05) is 36.4 Å². The molecule has 22 heavy (non-hydrogen) atoms. The summed E-state index contributed by atoms with van der Waals surface area (Å²) in [6.07, 6.45) is 0.626. The third kappa shape index (κ3) is 4.32. The molecule has 2 rings (SSSR count). The molecule has 2 nitrogen and oxygen atoms in total. The Balaban J connectivity index is 1.88. The van der Waals surface area contributed by atoms with Crippen LogP contribution >= 0.6 is 0 Å². The van der Waals surface area contributed by atoms with Crippen LogP contribution in [-0.2, 0) is 17.7 Å². The number of methoxy groups -OCH3 is 1. The number of halogens is 3. The van der Waals surface area contributed by atoms with Crippen LogP contribution in [0.15, 0.2) is 42.5 Å². The first-order chi connectivity index (χ1) is 10.6. The number of hydrogen-bond acceptors (Lipinski definition) is 2. The summed E-state index contributed by atoms with van der Waals surface area (Å²) < 4.78 is 44.9. The van der Waals surface area contributed by atoms with E-state index in [1.807, 2.05) is 30.3 Å². The topological polar surface area (TPSA) is 21.3 Å². The summed E-state index contributed by atoms with van der Waals surface area (Å²) in [6.45, 7) is 0.585. The Morgan fingerprint density at radius 2 is 1.73 bits per heavy atom. The van der Waals surface area contributed by atoms with Gasteiger partial charge in [0.1, 0.15) is 0 Å². The minimum Gasteiger partial charge on any atom is -0.380 e. The first kappa shape index (κ1) is 16.5. The molecule has 118 valence electrons. The molecule has 0 radical (unpaired) electrons. The molecule has 0 amide bonds. The van der Waals surface area contributed by atoms with Crippen molar-refractivity contribution in [3.05, 3.63) is 71.0 Å². The third-order valence-electron chi connectivity index (χ3n) is 3.44. The minimum atomic E-state index is -1.44. The van der Waals surface area contributed by atoms with Crippen molar-refractivity contribution in [3.8, 4) is 0 Å². The maximum Gasteiger partial charge on any atom is 0.194 e. The van der Waals surface area contributed by atoms with Crippen LogP contribution in [0.4, 0.5) is 13.2 Å². The number of benzene rings is 2. The van der Waals surface area contributed by atoms with E-state index in [4.69, 9.17) is 4.74 Å². The molecule has 0 aromatic heterocycles. The molecule has 0 bridgehead atoms. The fraction of sp³-hybridized carbons (Fsp3) is 0.294. The van der Waals surface area contributed by atoms with Crippen LogP contribution in [0.3, 0.4) is 0 Å². The summed E-state index contributed by atoms with van der Waals surface area (Å²) in [5.74, 6) is -3.77. The second kappa shape index (κ2) is 7.96. The highest BCUT2D eigenvalue weighted by Crippen LogP contribution is 2.15. The lowest BCUT2D eigenvalue weighted by molar-refractivity contribution is 0.102. The molecular weight excluding hydrogens is 291 g/mol. The minimum absolute atomic E-state index is 0.0873. The standard InChI is InChI=1S/C17H18F3NO/c1-22-14(9-12-5-3-2-4-6-12)11-21-10-13-7-8-15(18)17(20)16(13)19/h2-8,14,21H,9-11H2,1H3. The first-order valence-corrected chi connectivity index (χ1v) is 7.01. The van der Waals surface area contributed by atoms with Crippen LogP contribution in [0.5, 0.6) is 0 Å². The molecule has 0 aliphatic rings. The van der Waals surface area contributed by atoms with Crippen molar-refractivity contribution in [3.63, 3.8) is 0 Å². The molecule has 2 aromatic rings. The van der Waals surface area contributed by atoms with E-state index in [0.29, 0.717) is 13.0 Å². The van der Waals surface area contributed by atoms with Crippen LogP contribution in [0, 0.1) is 17.5 Å². The Morgan fingerprint density at radius 1 is 1.00 bits per heavy atom. The Morgan fingerprint density at radius 3 is 2.41 bits per heavy atom. The maximum absolute atomic E-state index is 13.5. The highest BCUT2D eigenvalue weighted by Gasteiger charge is 2.14. The van der Waals surface area contributed by atoms with E-state index in [1.54, 1.807) is 7.11 Å². The van der Waals surface area contributed by atoms with Crippen molar-refractivity contribution >= 4 is 0 Å². The Labute approximate surface area is 127 Å². The molecule has 0 aliphatic heterocycles. The first-order valence-electron chi connectivity index (χ1n) is 7.01. The average molecular weight is 309 g/mol. The van der Waals surface area contributed by atoms with E-state index in [2.05, 4.69) is 5.32 Å². The zero-order chi connectivity index (χ0) is 15.9. The van der Waals surface area contributed by atoms with Gasteiger partial charge in [-0.3, -0.25) is 0 Å². The fourth-order valence-electron chi connectivity index (χ4n) is 2.19. The second-order valence-electron chi connectivity index (χ2n) is 5.01. The molecule has 1 unspecified atom stereocenters. The van der Waals surface area contributed by atoms with Crippen molar-refractivity contribution in [1.82, 2.24) is 5.32 Å². The van der Waals surface area contributed by atoms with Gasteiger partial charge in [0.2, 0.25) is 0 Å². The van der Waals surface area contributed by atoms with E-state index in [-0.39, 0.29) is 18.2 Å². The molecule has 0 saturated carbocycles. The third-order valence-corrected chi connectivity index (χ3v) is 3.44. The van der Waals surface area contributed by atoms with Crippen molar-refractivity contribution in [2.24, 2.45) is 0 Å². The monoisotopic (exact) mass is 309 g/mol. The Bertz CT molecular complexity index is 604. The van der Waals surface area contributed by atoms with Crippen molar-refractivity contribution < 1.29 is 17.9 Å². The quantitative estimate of drug-likeness (QED) is 0.791. The smallest absolute Gasteiger partial charge is 0.194 e. The maximum atomic E-state index is 13.5. The van der Waals surface area contributed by atoms with Gasteiger partial charge in [0.05, 0.1) is 6.10 Å². The zero-order valence-corrected chi connectivity index (χ0v) is 12.3. The Kier molecular flexibility index (Phi) is 5.98. The van der Waals surface area contributed by atoms with Gasteiger partial charge in [0, 0.05) is 25.8 Å². The summed E-state index contributed by atoms with van der Waals surface area (Å²) in [4.78, 5) is 0. The summed E-state index contributed by atoms with van der Waals surface area (Å²) in [6, 6.07) is 12.0. The van der Waals surface area contributed by atoms with E-state index in [0.717, 1.165) is 11.6 Å². The number of nitrogens with one attached hydrogen (secondary N) is 1. The van der Waals surface area contributed by atoms with Crippen LogP contribution in [-0.4, -0.2) is 19.8 Å². The molecule has 0 heterocycles. The zero-order valence-electron chi connectivity index (χ0n) is 12.3. The lowest BCUT2D eigenvalue weighted by atomic mass is 10.1. The normalized spacial score (nSPS) is 12.4. The van der Waals surface area contributed by atoms with E-state index in [9.17, 15) is 13.2 Å². The van der Waals surface area contributed by atoms with Crippen LogP contribution in [0.25, 0.3) is 0 Å². The largest absolute Gasteiger partial charge is 0.380 e. The van der Waals surface area contributed by atoms with Gasteiger partial charge < -0.3 is 10.1 Å². The summed E-state index contributed by atoms with van der Waals surface area (Å²) >= 11 is 0. The Hall–Kier alpha value is -1.85. The average Bonchev–Trinajstić information content (AvgIpc) is 2.54. The highest BCUT2D eigenvalue weighted by atomic mass is 19.2. The van der Waals surface area contributed by atoms with Crippen molar-refractivity contribution in [2.45, 2.75) is 19.1 Å². The SMILES string of the molecule is COC(CNCc1ccc(F)c(F)c1F)Cc1ccccc1. The van der Waals surface area contributed by atoms with E-state index in [1.165, 1.54) is 6.07 Å². The van der Waals surface area contributed by atoms with E-state index >= 15 is 0 Å². The van der Waals surface area contributed by atoms with Gasteiger partial charge in [-0.25, -0.2) is 13.2 Å². The molecule has 2 aromatic carbocycles. The highest BCUT2D eigenvalue weighted by molar-refractivity contribution is 5.20. The molecule has 0 saturated heterocycles. The van der Waals surface area contributed by atoms with Gasteiger partial charge in [0.15, 0.2) is 17.5 Å². The van der Waals surface area contributed by atoms with Crippen LogP contribution < -0.4 is 5.32 Å². The predicted octanol–water partition coefficient (Wildman–Crippen LogP) is 3.45. The molecular formula is C17H18F3NO. The van der Waals surface area contributed by atoms with Gasteiger partial charge in [-0.15, -0.1) is 0 Å². The molecule has 0 aliphatic carbocycles. The fourth-order valence-corrected chi connectivity index (χ4v) is 2.19. The van der Waals surface area contributed by atoms with Crippen molar-refractivity contribution in [1.29, 1.82) is 0 Å². The van der Waals surface area contributed by atoms with Crippen LogP contribution in [0.1, 0.15) is 11.1 Å². The molecule has 0 fully saturated rings. The van der Waals surface area contributed by atoms with Gasteiger partial charge in [-0.2, -0.15) is 0 Å². The number of hydrogen-bond donors (Lipinski definition) is 1. The summed E-state index contributed by atoms with van der Waals surface area (Å²) in [5.41, 5.74) is 1.23. The second-order valence-corrected chi connectivity index (χ2v) is 5.01. The molecule has 5 heteroatoms. The lowest BCUT2D eigenvalue weighted by Crippen LogP contribution is -2.30. The number of rotatable bonds is 7. The predicted molar refractivity (Wildman–Crippen MR) is 79.0 cm³/mol.